The van der Waals surface area contributed by atoms with E-state index in [9.17, 15) is 4.39 Å². The number of nitrogens with zero attached hydrogens (tertiary/aromatic N) is 2. The van der Waals surface area contributed by atoms with E-state index in [1.807, 2.05) is 18.2 Å². The smallest absolute Gasteiger partial charge is 0.123 e. The molecule has 0 unspecified atom stereocenters. The van der Waals surface area contributed by atoms with Crippen LogP contribution in [0.2, 0.25) is 5.02 Å². The number of piperazine rings is 1. The summed E-state index contributed by atoms with van der Waals surface area (Å²) in [7, 11) is 0. The molecule has 1 aliphatic rings. The molecule has 3 nitrogen and oxygen atoms in total. The van der Waals surface area contributed by atoms with E-state index in [2.05, 4.69) is 25.7 Å². The summed E-state index contributed by atoms with van der Waals surface area (Å²) in [5.74, 6) is -0.208. The Balaban J connectivity index is 1.73. The average Bonchev–Trinajstić information content (AvgIpc) is 2.48. The zero-order chi connectivity index (χ0) is 15.7. The second-order valence-corrected chi connectivity index (χ2v) is 6.55. The van der Waals surface area contributed by atoms with E-state index in [-0.39, 0.29) is 5.82 Å². The highest BCUT2D eigenvalue weighted by atomic mass is 79.9. The molecule has 0 saturated carbocycles. The van der Waals surface area contributed by atoms with Crippen LogP contribution < -0.4 is 15.5 Å². The molecule has 0 amide bonds. The van der Waals surface area contributed by atoms with Crippen molar-refractivity contribution >= 4 is 44.6 Å². The lowest BCUT2D eigenvalue weighted by atomic mass is 10.2. The average molecular weight is 385 g/mol. The first-order valence-corrected chi connectivity index (χ1v) is 8.21. The van der Waals surface area contributed by atoms with Crippen LogP contribution in [0.25, 0.3) is 0 Å². The fourth-order valence-corrected chi connectivity index (χ4v) is 3.92. The van der Waals surface area contributed by atoms with Gasteiger partial charge in [0.15, 0.2) is 0 Å². The van der Waals surface area contributed by atoms with E-state index in [1.165, 1.54) is 12.1 Å². The quantitative estimate of drug-likeness (QED) is 0.790. The van der Waals surface area contributed by atoms with Gasteiger partial charge in [0.25, 0.3) is 0 Å². The number of anilines is 3. The molecule has 2 N–H and O–H groups in total. The molecule has 2 aromatic carbocycles. The molecule has 0 radical (unpaired) electrons. The Labute approximate surface area is 142 Å². The Kier molecular flexibility index (Phi) is 4.45. The monoisotopic (exact) mass is 383 g/mol. The van der Waals surface area contributed by atoms with Crippen molar-refractivity contribution in [3.05, 3.63) is 51.7 Å². The first-order chi connectivity index (χ1) is 10.5. The summed E-state index contributed by atoms with van der Waals surface area (Å²) >= 11 is 9.87. The number of rotatable bonds is 2. The molecule has 1 heterocycles. The zero-order valence-corrected chi connectivity index (χ0v) is 14.2. The lowest BCUT2D eigenvalue weighted by Gasteiger charge is -2.38. The van der Waals surface area contributed by atoms with Crippen molar-refractivity contribution in [3.8, 4) is 0 Å². The lowest BCUT2D eigenvalue weighted by Crippen LogP contribution is -2.46. The number of hydrogen-bond acceptors (Lipinski definition) is 3. The predicted octanol–water partition coefficient (Wildman–Crippen LogP) is 4.15. The van der Waals surface area contributed by atoms with Crippen LogP contribution in [0.4, 0.5) is 21.5 Å². The fraction of sp³-hybridized carbons (Fsp3) is 0.250. The molecule has 6 heteroatoms. The van der Waals surface area contributed by atoms with Gasteiger partial charge in [0.1, 0.15) is 5.82 Å². The first-order valence-electron chi connectivity index (χ1n) is 7.04. The third kappa shape index (κ3) is 3.15. The highest BCUT2D eigenvalue weighted by molar-refractivity contribution is 9.10. The van der Waals surface area contributed by atoms with E-state index >= 15 is 0 Å². The van der Waals surface area contributed by atoms with Gasteiger partial charge in [-0.05, 0) is 52.3 Å². The zero-order valence-electron chi connectivity index (χ0n) is 11.9. The van der Waals surface area contributed by atoms with Crippen LogP contribution in [0.3, 0.4) is 0 Å². The molecule has 3 rings (SSSR count). The second kappa shape index (κ2) is 6.34. The fourth-order valence-electron chi connectivity index (χ4n) is 2.73. The molecular formula is C16H16BrClFN3. The van der Waals surface area contributed by atoms with Gasteiger partial charge in [0.2, 0.25) is 0 Å². The predicted molar refractivity (Wildman–Crippen MR) is 94.4 cm³/mol. The minimum Gasteiger partial charge on any atom is -0.399 e. The molecule has 22 heavy (non-hydrogen) atoms. The van der Waals surface area contributed by atoms with Gasteiger partial charge in [0, 0.05) is 42.0 Å². The maximum absolute atomic E-state index is 13.0. The standard InChI is InChI=1S/C16H16BrClFN3/c17-14-9-12(20)10-15(18)16(14)22-7-5-21(6-8-22)13-3-1-11(19)2-4-13/h1-4,9-10H,5-8,20H2. The largest absolute Gasteiger partial charge is 0.399 e. The third-order valence-corrected chi connectivity index (χ3v) is 4.72. The van der Waals surface area contributed by atoms with Crippen LogP contribution in [0.5, 0.6) is 0 Å². The van der Waals surface area contributed by atoms with Crippen molar-refractivity contribution in [1.29, 1.82) is 0 Å². The van der Waals surface area contributed by atoms with Gasteiger partial charge in [-0.15, -0.1) is 0 Å². The van der Waals surface area contributed by atoms with Gasteiger partial charge in [0.05, 0.1) is 10.7 Å². The van der Waals surface area contributed by atoms with Crippen LogP contribution in [-0.4, -0.2) is 26.2 Å². The van der Waals surface area contributed by atoms with Crippen LogP contribution in [0, 0.1) is 5.82 Å². The second-order valence-electron chi connectivity index (χ2n) is 5.28. The maximum Gasteiger partial charge on any atom is 0.123 e. The van der Waals surface area contributed by atoms with Crippen LogP contribution in [0.15, 0.2) is 40.9 Å². The summed E-state index contributed by atoms with van der Waals surface area (Å²) in [5, 5.41) is 0.655. The van der Waals surface area contributed by atoms with Crippen molar-refractivity contribution in [3.63, 3.8) is 0 Å². The lowest BCUT2D eigenvalue weighted by molar-refractivity contribution is 0.624. The molecule has 0 aromatic heterocycles. The minimum atomic E-state index is -0.208. The number of benzene rings is 2. The maximum atomic E-state index is 13.0. The Morgan fingerprint density at radius 2 is 1.59 bits per heavy atom. The topological polar surface area (TPSA) is 32.5 Å². The number of nitrogens with two attached hydrogens (primary N) is 1. The van der Waals surface area contributed by atoms with E-state index in [4.69, 9.17) is 17.3 Å². The van der Waals surface area contributed by atoms with Gasteiger partial charge in [-0.2, -0.15) is 0 Å². The van der Waals surface area contributed by atoms with Crippen molar-refractivity contribution in [2.45, 2.75) is 0 Å². The SMILES string of the molecule is Nc1cc(Cl)c(N2CCN(c3ccc(F)cc3)CC2)c(Br)c1. The molecule has 0 bridgehead atoms. The summed E-state index contributed by atoms with van der Waals surface area (Å²) < 4.78 is 13.9. The van der Waals surface area contributed by atoms with Gasteiger partial charge in [-0.1, -0.05) is 11.6 Å². The summed E-state index contributed by atoms with van der Waals surface area (Å²) in [4.78, 5) is 4.49. The molecule has 1 saturated heterocycles. The van der Waals surface area contributed by atoms with Crippen molar-refractivity contribution in [2.75, 3.05) is 41.7 Å². The number of halogens is 3. The van der Waals surface area contributed by atoms with Crippen LogP contribution >= 0.6 is 27.5 Å². The number of nitrogen functional groups attached to an aromatic ring is 1. The molecule has 0 spiro atoms. The molecule has 0 atom stereocenters. The van der Waals surface area contributed by atoms with Gasteiger partial charge in [-0.25, -0.2) is 4.39 Å². The Morgan fingerprint density at radius 1 is 1.00 bits per heavy atom. The Morgan fingerprint density at radius 3 is 2.18 bits per heavy atom. The van der Waals surface area contributed by atoms with Crippen LogP contribution in [0.1, 0.15) is 0 Å². The highest BCUT2D eigenvalue weighted by Gasteiger charge is 2.21. The van der Waals surface area contributed by atoms with Crippen molar-refractivity contribution in [2.24, 2.45) is 0 Å². The van der Waals surface area contributed by atoms with Crippen LogP contribution in [-0.2, 0) is 0 Å². The normalized spacial score (nSPS) is 15.2. The number of hydrogen-bond donors (Lipinski definition) is 1. The Hall–Kier alpha value is -1.46. The molecule has 0 aliphatic carbocycles. The molecule has 1 aliphatic heterocycles. The summed E-state index contributed by atoms with van der Waals surface area (Å²) in [6.45, 7) is 3.41. The summed E-state index contributed by atoms with van der Waals surface area (Å²) in [6, 6.07) is 10.3. The van der Waals surface area contributed by atoms with Crippen molar-refractivity contribution in [1.82, 2.24) is 0 Å². The minimum absolute atomic E-state index is 0.208. The van der Waals surface area contributed by atoms with Gasteiger partial charge < -0.3 is 15.5 Å². The summed E-state index contributed by atoms with van der Waals surface area (Å²) in [6.07, 6.45) is 0. The van der Waals surface area contributed by atoms with Gasteiger partial charge >= 0.3 is 0 Å². The van der Waals surface area contributed by atoms with E-state index in [1.54, 1.807) is 6.07 Å². The molecule has 116 valence electrons. The summed E-state index contributed by atoms with van der Waals surface area (Å²) in [5.41, 5.74) is 8.47. The van der Waals surface area contributed by atoms with E-state index in [0.717, 1.165) is 42.0 Å². The van der Waals surface area contributed by atoms with Crippen molar-refractivity contribution < 1.29 is 4.39 Å². The van der Waals surface area contributed by atoms with E-state index < -0.39 is 0 Å². The third-order valence-electron chi connectivity index (χ3n) is 3.83. The first kappa shape index (κ1) is 15.4. The molecule has 2 aromatic rings. The van der Waals surface area contributed by atoms with E-state index in [0.29, 0.717) is 10.7 Å². The van der Waals surface area contributed by atoms with Gasteiger partial charge in [-0.3, -0.25) is 0 Å². The highest BCUT2D eigenvalue weighted by Crippen LogP contribution is 2.36. The molecule has 1 fully saturated rings. The Bertz CT molecular complexity index is 647. The molecular weight excluding hydrogens is 369 g/mol.